The van der Waals surface area contributed by atoms with Gasteiger partial charge in [0.25, 0.3) is 0 Å². The maximum atomic E-state index is 5.89. The second-order valence-corrected chi connectivity index (χ2v) is 4.41. The molecule has 0 radical (unpaired) electrons. The molecule has 3 N–H and O–H groups in total. The van der Waals surface area contributed by atoms with Crippen LogP contribution in [0.15, 0.2) is 24.3 Å². The molecule has 0 fully saturated rings. The first-order chi connectivity index (χ1) is 8.31. The number of fused-ring (bicyclic) bond motifs is 3. The Morgan fingerprint density at radius 3 is 3.12 bits per heavy atom. The fraction of sp³-hybridized carbons (Fsp3) is 0.286. The molecule has 1 aliphatic heterocycles. The zero-order valence-electron chi connectivity index (χ0n) is 10.0. The fourth-order valence-corrected chi connectivity index (χ4v) is 2.63. The molecular weight excluding hydrogens is 210 g/mol. The van der Waals surface area contributed by atoms with E-state index in [-0.39, 0.29) is 0 Å². The number of nitrogens with one attached hydrogen (secondary N) is 1. The zero-order chi connectivity index (χ0) is 11.8. The van der Waals surface area contributed by atoms with E-state index in [0.29, 0.717) is 0 Å². The van der Waals surface area contributed by atoms with E-state index in [1.54, 1.807) is 0 Å². The zero-order valence-corrected chi connectivity index (χ0v) is 10.0. The van der Waals surface area contributed by atoms with Crippen LogP contribution in [0.4, 0.5) is 5.69 Å². The monoisotopic (exact) mass is 227 g/mol. The highest BCUT2D eigenvalue weighted by atomic mass is 15.0. The number of rotatable bonds is 1. The lowest BCUT2D eigenvalue weighted by atomic mass is 10.1. The van der Waals surface area contributed by atoms with Gasteiger partial charge < -0.3 is 15.6 Å². The van der Waals surface area contributed by atoms with Crippen molar-refractivity contribution >= 4 is 22.7 Å². The number of nitrogens with two attached hydrogens (primary N) is 1. The number of hydrogen-bond acceptors (Lipinski definition) is 2. The van der Waals surface area contributed by atoms with Gasteiger partial charge in [0.15, 0.2) is 0 Å². The highest BCUT2D eigenvalue weighted by molar-refractivity contribution is 5.93. The van der Waals surface area contributed by atoms with E-state index in [2.05, 4.69) is 41.1 Å². The first-order valence-electron chi connectivity index (χ1n) is 6.09. The number of aryl methyl sites for hydroxylation is 1. The number of aromatic nitrogens is 1. The van der Waals surface area contributed by atoms with Gasteiger partial charge in [0.2, 0.25) is 0 Å². The summed E-state index contributed by atoms with van der Waals surface area (Å²) in [6.45, 7) is 5.02. The number of anilines is 1. The largest absolute Gasteiger partial charge is 0.399 e. The molecule has 17 heavy (non-hydrogen) atoms. The van der Waals surface area contributed by atoms with E-state index >= 15 is 0 Å². The van der Waals surface area contributed by atoms with Crippen LogP contribution in [-0.2, 0) is 13.1 Å². The molecule has 3 nitrogen and oxygen atoms in total. The Bertz CT molecular complexity index is 593. The Kier molecular flexibility index (Phi) is 2.41. The van der Waals surface area contributed by atoms with Crippen molar-refractivity contribution in [3.63, 3.8) is 0 Å². The van der Waals surface area contributed by atoms with Crippen molar-refractivity contribution in [1.29, 1.82) is 0 Å². The summed E-state index contributed by atoms with van der Waals surface area (Å²) in [5.74, 6) is 0. The van der Waals surface area contributed by atoms with Gasteiger partial charge in [0, 0.05) is 42.0 Å². The fourth-order valence-electron chi connectivity index (χ4n) is 2.63. The summed E-state index contributed by atoms with van der Waals surface area (Å²) in [6, 6.07) is 6.18. The molecule has 2 aromatic rings. The number of benzene rings is 1. The van der Waals surface area contributed by atoms with Gasteiger partial charge in [-0.2, -0.15) is 0 Å². The van der Waals surface area contributed by atoms with Crippen molar-refractivity contribution in [2.45, 2.75) is 20.0 Å². The topological polar surface area (TPSA) is 43.0 Å². The minimum absolute atomic E-state index is 0.830. The third kappa shape index (κ3) is 1.54. The molecule has 0 bridgehead atoms. The third-order valence-corrected chi connectivity index (χ3v) is 3.39. The van der Waals surface area contributed by atoms with E-state index < -0.39 is 0 Å². The van der Waals surface area contributed by atoms with Gasteiger partial charge in [-0.15, -0.1) is 0 Å². The van der Waals surface area contributed by atoms with E-state index in [4.69, 9.17) is 5.73 Å². The molecule has 1 aliphatic rings. The number of nitrogens with zero attached hydrogens (tertiary/aromatic N) is 1. The highest BCUT2D eigenvalue weighted by Crippen LogP contribution is 2.29. The minimum atomic E-state index is 0.830. The Morgan fingerprint density at radius 2 is 2.29 bits per heavy atom. The minimum Gasteiger partial charge on any atom is -0.399 e. The molecule has 1 aromatic heterocycles. The Labute approximate surface area is 101 Å². The van der Waals surface area contributed by atoms with Gasteiger partial charge in [0.1, 0.15) is 0 Å². The molecule has 0 saturated carbocycles. The second-order valence-electron chi connectivity index (χ2n) is 4.41. The van der Waals surface area contributed by atoms with Crippen molar-refractivity contribution in [3.8, 4) is 0 Å². The van der Waals surface area contributed by atoms with Gasteiger partial charge in [-0.05, 0) is 19.1 Å². The average molecular weight is 227 g/mol. The Morgan fingerprint density at radius 1 is 1.41 bits per heavy atom. The van der Waals surface area contributed by atoms with Crippen molar-refractivity contribution in [2.75, 3.05) is 12.3 Å². The summed E-state index contributed by atoms with van der Waals surface area (Å²) in [6.07, 6.45) is 4.40. The van der Waals surface area contributed by atoms with Crippen LogP contribution in [0.3, 0.4) is 0 Å². The maximum absolute atomic E-state index is 5.89. The Balaban J connectivity index is 2.38. The van der Waals surface area contributed by atoms with Gasteiger partial charge in [-0.1, -0.05) is 18.2 Å². The van der Waals surface area contributed by atoms with Crippen LogP contribution in [-0.4, -0.2) is 11.1 Å². The molecule has 88 valence electrons. The van der Waals surface area contributed by atoms with E-state index in [9.17, 15) is 0 Å². The average Bonchev–Trinajstić information content (AvgIpc) is 2.50. The lowest BCUT2D eigenvalue weighted by Crippen LogP contribution is -2.15. The van der Waals surface area contributed by atoms with Crippen molar-refractivity contribution in [3.05, 3.63) is 35.5 Å². The number of hydrogen-bond donors (Lipinski definition) is 2. The molecule has 3 rings (SSSR count). The molecule has 0 unspecified atom stereocenters. The van der Waals surface area contributed by atoms with Crippen LogP contribution >= 0.6 is 0 Å². The molecular formula is C14H17N3. The van der Waals surface area contributed by atoms with Crippen LogP contribution in [0.5, 0.6) is 0 Å². The lowest BCUT2D eigenvalue weighted by molar-refractivity contribution is 0.674. The molecule has 1 aromatic carbocycles. The molecule has 2 heterocycles. The van der Waals surface area contributed by atoms with E-state index in [1.165, 1.54) is 22.2 Å². The predicted octanol–water partition coefficient (Wildman–Crippen LogP) is 2.36. The van der Waals surface area contributed by atoms with Crippen LogP contribution < -0.4 is 11.1 Å². The van der Waals surface area contributed by atoms with Crippen molar-refractivity contribution in [2.24, 2.45) is 0 Å². The van der Waals surface area contributed by atoms with Gasteiger partial charge in [0.05, 0.1) is 5.52 Å². The molecule has 3 heteroatoms. The summed E-state index contributed by atoms with van der Waals surface area (Å²) in [7, 11) is 0. The van der Waals surface area contributed by atoms with Crippen LogP contribution in [0, 0.1) is 0 Å². The molecule has 0 saturated heterocycles. The SMILES string of the molecule is CCn1c2c(c3ccc(N)cc31)C=CCNC2. The predicted molar refractivity (Wildman–Crippen MR) is 72.8 cm³/mol. The van der Waals surface area contributed by atoms with Crippen molar-refractivity contribution < 1.29 is 0 Å². The first kappa shape index (κ1) is 10.4. The number of nitrogen functional groups attached to an aromatic ring is 1. The summed E-state index contributed by atoms with van der Waals surface area (Å²) in [4.78, 5) is 0. The second kappa shape index (κ2) is 3.93. The molecule has 0 atom stereocenters. The first-order valence-corrected chi connectivity index (χ1v) is 6.09. The van der Waals surface area contributed by atoms with E-state index in [0.717, 1.165) is 25.3 Å². The Hall–Kier alpha value is -1.74. The van der Waals surface area contributed by atoms with Crippen LogP contribution in [0.1, 0.15) is 18.2 Å². The summed E-state index contributed by atoms with van der Waals surface area (Å²) >= 11 is 0. The molecule has 0 aliphatic carbocycles. The van der Waals surface area contributed by atoms with Crippen LogP contribution in [0.25, 0.3) is 17.0 Å². The quantitative estimate of drug-likeness (QED) is 0.734. The smallest absolute Gasteiger partial charge is 0.0509 e. The molecule has 0 spiro atoms. The molecule has 0 amide bonds. The van der Waals surface area contributed by atoms with Gasteiger partial charge >= 0.3 is 0 Å². The lowest BCUT2D eigenvalue weighted by Gasteiger charge is -2.08. The summed E-state index contributed by atoms with van der Waals surface area (Å²) in [5, 5.41) is 4.72. The highest BCUT2D eigenvalue weighted by Gasteiger charge is 2.15. The summed E-state index contributed by atoms with van der Waals surface area (Å²) in [5.41, 5.74) is 10.7. The maximum Gasteiger partial charge on any atom is 0.0509 e. The summed E-state index contributed by atoms with van der Waals surface area (Å²) < 4.78 is 2.35. The van der Waals surface area contributed by atoms with Crippen molar-refractivity contribution in [1.82, 2.24) is 9.88 Å². The standard InChI is InChI=1S/C14H17N3/c1-2-17-13-8-10(15)5-6-12(13)11-4-3-7-16-9-14(11)17/h3-6,8,16H,2,7,9,15H2,1H3. The van der Waals surface area contributed by atoms with Gasteiger partial charge in [-0.3, -0.25) is 0 Å². The van der Waals surface area contributed by atoms with Crippen LogP contribution in [0.2, 0.25) is 0 Å². The van der Waals surface area contributed by atoms with E-state index in [1.807, 2.05) is 6.07 Å². The normalized spacial score (nSPS) is 14.9. The van der Waals surface area contributed by atoms with Gasteiger partial charge in [-0.25, -0.2) is 0 Å². The third-order valence-electron chi connectivity index (χ3n) is 3.39.